The van der Waals surface area contributed by atoms with E-state index in [9.17, 15) is 0 Å². The Bertz CT molecular complexity index is 663. The summed E-state index contributed by atoms with van der Waals surface area (Å²) < 4.78 is 5.82. The number of benzene rings is 1. The molecule has 1 aliphatic heterocycles. The minimum atomic E-state index is 0.327. The molecule has 3 rings (SSSR count). The van der Waals surface area contributed by atoms with Crippen LogP contribution in [0.1, 0.15) is 19.5 Å². The highest BCUT2D eigenvalue weighted by Crippen LogP contribution is 2.25. The van der Waals surface area contributed by atoms with E-state index in [1.54, 1.807) is 0 Å². The smallest absolute Gasteiger partial charge is 0.0726 e. The molecule has 0 bridgehead atoms. The average Bonchev–Trinajstić information content (AvgIpc) is 2.51. The van der Waals surface area contributed by atoms with Gasteiger partial charge in [0.1, 0.15) is 0 Å². The Kier molecular flexibility index (Phi) is 4.83. The van der Waals surface area contributed by atoms with Gasteiger partial charge in [-0.1, -0.05) is 18.2 Å². The molecule has 0 N–H and O–H groups in total. The van der Waals surface area contributed by atoms with Crippen molar-refractivity contribution in [1.82, 2.24) is 9.88 Å². The average molecular weight is 313 g/mol. The molecular formula is C19H27N3O. The molecule has 1 saturated heterocycles. The minimum absolute atomic E-state index is 0.327. The van der Waals surface area contributed by atoms with Gasteiger partial charge in [-0.05, 0) is 32.9 Å². The van der Waals surface area contributed by atoms with Crippen LogP contribution in [-0.4, -0.2) is 55.3 Å². The van der Waals surface area contributed by atoms with E-state index in [1.165, 1.54) is 11.1 Å². The number of likely N-dealkylation sites (N-methyl/N-ethyl adjacent to an activating group) is 1. The van der Waals surface area contributed by atoms with Gasteiger partial charge in [0.2, 0.25) is 0 Å². The first-order valence-electron chi connectivity index (χ1n) is 8.48. The summed E-state index contributed by atoms with van der Waals surface area (Å²) >= 11 is 0. The van der Waals surface area contributed by atoms with Crippen LogP contribution in [0.4, 0.5) is 5.69 Å². The summed E-state index contributed by atoms with van der Waals surface area (Å²) in [5, 5.41) is 1.23. The Hall–Kier alpha value is -1.65. The first kappa shape index (κ1) is 16.2. The summed E-state index contributed by atoms with van der Waals surface area (Å²) in [6, 6.07) is 10.6. The zero-order valence-electron chi connectivity index (χ0n) is 14.6. The van der Waals surface area contributed by atoms with E-state index >= 15 is 0 Å². The van der Waals surface area contributed by atoms with Gasteiger partial charge < -0.3 is 9.64 Å². The number of hydrogen-bond acceptors (Lipinski definition) is 4. The Labute approximate surface area is 139 Å². The van der Waals surface area contributed by atoms with Gasteiger partial charge in [0, 0.05) is 50.0 Å². The monoisotopic (exact) mass is 313 g/mol. The maximum atomic E-state index is 5.82. The summed E-state index contributed by atoms with van der Waals surface area (Å²) in [6.45, 7) is 10.5. The summed E-state index contributed by atoms with van der Waals surface area (Å²) in [6.07, 6.45) is 0.654. The minimum Gasteiger partial charge on any atom is -0.373 e. The highest BCUT2D eigenvalue weighted by atomic mass is 16.5. The lowest BCUT2D eigenvalue weighted by Gasteiger charge is -2.36. The van der Waals surface area contributed by atoms with Gasteiger partial charge in [-0.2, -0.15) is 0 Å². The van der Waals surface area contributed by atoms with E-state index in [0.29, 0.717) is 12.2 Å². The topological polar surface area (TPSA) is 28.6 Å². The van der Waals surface area contributed by atoms with Crippen molar-refractivity contribution in [2.75, 3.05) is 38.1 Å². The van der Waals surface area contributed by atoms with Crippen molar-refractivity contribution in [1.29, 1.82) is 0 Å². The lowest BCUT2D eigenvalue weighted by Crippen LogP contribution is -2.47. The SMILES string of the molecule is Cc1cc(N(C)CCN2C[C@@H](C)O[C@@H](C)C2)c2ccccc2n1. The summed E-state index contributed by atoms with van der Waals surface area (Å²) in [7, 11) is 2.18. The number of aromatic nitrogens is 1. The maximum absolute atomic E-state index is 5.82. The number of aryl methyl sites for hydroxylation is 1. The van der Waals surface area contributed by atoms with Gasteiger partial charge in [0.25, 0.3) is 0 Å². The molecule has 4 nitrogen and oxygen atoms in total. The Balaban J connectivity index is 1.72. The molecule has 1 fully saturated rings. The van der Waals surface area contributed by atoms with Gasteiger partial charge in [0.15, 0.2) is 0 Å². The predicted molar refractivity (Wildman–Crippen MR) is 96.2 cm³/mol. The van der Waals surface area contributed by atoms with Crippen LogP contribution in [0, 0.1) is 6.92 Å². The molecule has 0 radical (unpaired) electrons. The standard InChI is InChI=1S/C19H27N3O/c1-14-11-19(17-7-5-6-8-18(17)20-14)21(4)9-10-22-12-15(2)23-16(3)13-22/h5-8,11,15-16H,9-10,12-13H2,1-4H3/t15-,16+. The zero-order valence-corrected chi connectivity index (χ0v) is 14.6. The van der Waals surface area contributed by atoms with Crippen LogP contribution in [0.2, 0.25) is 0 Å². The van der Waals surface area contributed by atoms with Crippen LogP contribution in [0.5, 0.6) is 0 Å². The molecule has 23 heavy (non-hydrogen) atoms. The molecule has 0 unspecified atom stereocenters. The first-order chi connectivity index (χ1) is 11.0. The van der Waals surface area contributed by atoms with E-state index in [-0.39, 0.29) is 0 Å². The van der Waals surface area contributed by atoms with E-state index in [2.05, 4.69) is 72.9 Å². The number of para-hydroxylation sites is 1. The molecule has 4 heteroatoms. The van der Waals surface area contributed by atoms with Crippen molar-refractivity contribution < 1.29 is 4.74 Å². The summed E-state index contributed by atoms with van der Waals surface area (Å²) in [5.74, 6) is 0. The molecule has 124 valence electrons. The lowest BCUT2D eigenvalue weighted by molar-refractivity contribution is -0.0670. The van der Waals surface area contributed by atoms with Gasteiger partial charge in [-0.15, -0.1) is 0 Å². The van der Waals surface area contributed by atoms with E-state index in [4.69, 9.17) is 4.74 Å². The van der Waals surface area contributed by atoms with Crippen LogP contribution in [0.15, 0.2) is 30.3 Å². The highest BCUT2D eigenvalue weighted by molar-refractivity contribution is 5.91. The molecule has 1 aromatic carbocycles. The van der Waals surface area contributed by atoms with Crippen molar-refractivity contribution in [2.24, 2.45) is 0 Å². The number of fused-ring (bicyclic) bond motifs is 1. The van der Waals surface area contributed by atoms with E-state index in [1.807, 2.05) is 0 Å². The molecule has 0 amide bonds. The summed E-state index contributed by atoms with van der Waals surface area (Å²) in [5.41, 5.74) is 3.41. The molecular weight excluding hydrogens is 286 g/mol. The Morgan fingerprint density at radius 3 is 2.65 bits per heavy atom. The molecule has 1 aliphatic rings. The fourth-order valence-electron chi connectivity index (χ4n) is 3.48. The number of morpholine rings is 1. The van der Waals surface area contributed by atoms with Crippen LogP contribution in [-0.2, 0) is 4.74 Å². The third-order valence-corrected chi connectivity index (χ3v) is 4.48. The van der Waals surface area contributed by atoms with Gasteiger partial charge >= 0.3 is 0 Å². The van der Waals surface area contributed by atoms with Crippen molar-refractivity contribution >= 4 is 16.6 Å². The first-order valence-corrected chi connectivity index (χ1v) is 8.48. The lowest BCUT2D eigenvalue weighted by atomic mass is 10.1. The molecule has 0 aliphatic carbocycles. The van der Waals surface area contributed by atoms with E-state index < -0.39 is 0 Å². The van der Waals surface area contributed by atoms with Gasteiger partial charge in [-0.3, -0.25) is 9.88 Å². The molecule has 0 spiro atoms. The number of pyridine rings is 1. The third kappa shape index (κ3) is 3.82. The quantitative estimate of drug-likeness (QED) is 0.867. The third-order valence-electron chi connectivity index (χ3n) is 4.48. The number of anilines is 1. The van der Waals surface area contributed by atoms with Crippen molar-refractivity contribution in [3.63, 3.8) is 0 Å². The molecule has 2 heterocycles. The zero-order chi connectivity index (χ0) is 16.4. The largest absolute Gasteiger partial charge is 0.373 e. The Morgan fingerprint density at radius 1 is 1.22 bits per heavy atom. The van der Waals surface area contributed by atoms with Crippen molar-refractivity contribution in [3.05, 3.63) is 36.0 Å². The Morgan fingerprint density at radius 2 is 1.91 bits per heavy atom. The van der Waals surface area contributed by atoms with Crippen LogP contribution in [0.25, 0.3) is 10.9 Å². The van der Waals surface area contributed by atoms with Crippen LogP contribution < -0.4 is 4.90 Å². The fourth-order valence-corrected chi connectivity index (χ4v) is 3.48. The molecule has 1 aromatic heterocycles. The van der Waals surface area contributed by atoms with E-state index in [0.717, 1.165) is 37.4 Å². The highest BCUT2D eigenvalue weighted by Gasteiger charge is 2.22. The van der Waals surface area contributed by atoms with Crippen molar-refractivity contribution in [2.45, 2.75) is 33.0 Å². The van der Waals surface area contributed by atoms with Crippen molar-refractivity contribution in [3.8, 4) is 0 Å². The number of rotatable bonds is 4. The number of ether oxygens (including phenoxy) is 1. The molecule has 2 atom stereocenters. The van der Waals surface area contributed by atoms with Crippen LogP contribution >= 0.6 is 0 Å². The van der Waals surface area contributed by atoms with Gasteiger partial charge in [-0.25, -0.2) is 0 Å². The second-order valence-corrected chi connectivity index (χ2v) is 6.74. The predicted octanol–water partition coefficient (Wildman–Crippen LogP) is 3.09. The van der Waals surface area contributed by atoms with Gasteiger partial charge in [0.05, 0.1) is 17.7 Å². The number of nitrogens with zero attached hydrogens (tertiary/aromatic N) is 3. The molecule has 2 aromatic rings. The maximum Gasteiger partial charge on any atom is 0.0726 e. The second kappa shape index (κ2) is 6.85. The molecule has 0 saturated carbocycles. The summed E-state index contributed by atoms with van der Waals surface area (Å²) in [4.78, 5) is 9.49. The normalized spacial score (nSPS) is 22.4. The fraction of sp³-hybridized carbons (Fsp3) is 0.526. The van der Waals surface area contributed by atoms with Crippen LogP contribution in [0.3, 0.4) is 0 Å². The number of hydrogen-bond donors (Lipinski definition) is 0. The second-order valence-electron chi connectivity index (χ2n) is 6.74.